The van der Waals surface area contributed by atoms with Crippen LogP contribution in [0.25, 0.3) is 0 Å². The summed E-state index contributed by atoms with van der Waals surface area (Å²) in [5, 5.41) is 12.3. The topological polar surface area (TPSA) is 78.9 Å². The lowest BCUT2D eigenvalue weighted by atomic mass is 10.0. The van der Waals surface area contributed by atoms with E-state index < -0.39 is 23.2 Å². The highest BCUT2D eigenvalue weighted by Crippen LogP contribution is 2.18. The molecule has 0 saturated heterocycles. The summed E-state index contributed by atoms with van der Waals surface area (Å²) >= 11 is 0. The second-order valence-corrected chi connectivity index (χ2v) is 8.28. The van der Waals surface area contributed by atoms with Crippen molar-refractivity contribution in [3.05, 3.63) is 0 Å². The summed E-state index contributed by atoms with van der Waals surface area (Å²) in [6.45, 7) is 16.0. The zero-order chi connectivity index (χ0) is 18.4. The van der Waals surface area contributed by atoms with Gasteiger partial charge in [0, 0.05) is 18.6 Å². The highest BCUT2D eigenvalue weighted by Gasteiger charge is 2.30. The van der Waals surface area contributed by atoms with Gasteiger partial charge in [-0.1, -0.05) is 13.8 Å². The van der Waals surface area contributed by atoms with Gasteiger partial charge in [0.15, 0.2) is 0 Å². The molecule has 6 nitrogen and oxygen atoms in total. The molecule has 0 spiro atoms. The number of ether oxygens (including phenoxy) is 1. The summed E-state index contributed by atoms with van der Waals surface area (Å²) in [4.78, 5) is 25.2. The third-order valence-corrected chi connectivity index (χ3v) is 3.15. The first-order valence-corrected chi connectivity index (χ1v) is 8.21. The number of carbonyl (C=O) groups is 2. The van der Waals surface area contributed by atoms with Gasteiger partial charge in [0.05, 0.1) is 0 Å². The third-order valence-electron chi connectivity index (χ3n) is 3.15. The maximum Gasteiger partial charge on any atom is 0.410 e. The average Bonchev–Trinajstić information content (AvgIpc) is 2.27. The quantitative estimate of drug-likeness (QED) is 0.750. The Morgan fingerprint density at radius 2 is 1.65 bits per heavy atom. The smallest absolute Gasteiger partial charge is 0.410 e. The van der Waals surface area contributed by atoms with Crippen LogP contribution < -0.4 is 5.32 Å². The maximum absolute atomic E-state index is 12.4. The van der Waals surface area contributed by atoms with Gasteiger partial charge in [-0.05, 0) is 53.9 Å². The first kappa shape index (κ1) is 21.7. The van der Waals surface area contributed by atoms with E-state index in [4.69, 9.17) is 4.74 Å². The van der Waals surface area contributed by atoms with E-state index in [1.165, 1.54) is 0 Å². The SMILES string of the molecule is CC(C)CC(NCCN(C(=O)OC(C)(C)C)C(C)(C)C)C(=O)O. The minimum atomic E-state index is -0.863. The number of carboxylic acid groups (broad SMARTS) is 1. The lowest BCUT2D eigenvalue weighted by Crippen LogP contribution is -2.51. The Labute approximate surface area is 140 Å². The van der Waals surface area contributed by atoms with E-state index in [0.29, 0.717) is 19.5 Å². The molecule has 0 fully saturated rings. The Morgan fingerprint density at radius 1 is 1.13 bits per heavy atom. The number of hydrogen-bond acceptors (Lipinski definition) is 4. The number of amides is 1. The molecule has 1 unspecified atom stereocenters. The van der Waals surface area contributed by atoms with Gasteiger partial charge in [0.2, 0.25) is 0 Å². The van der Waals surface area contributed by atoms with Crippen molar-refractivity contribution in [2.24, 2.45) is 5.92 Å². The highest BCUT2D eigenvalue weighted by molar-refractivity contribution is 5.73. The van der Waals surface area contributed by atoms with Crippen LogP contribution in [0.15, 0.2) is 0 Å². The summed E-state index contributed by atoms with van der Waals surface area (Å²) in [6.07, 6.45) is 0.166. The fourth-order valence-corrected chi connectivity index (χ4v) is 2.11. The summed E-state index contributed by atoms with van der Waals surface area (Å²) in [6, 6.07) is -0.601. The van der Waals surface area contributed by atoms with E-state index in [0.717, 1.165) is 0 Å². The van der Waals surface area contributed by atoms with Crippen molar-refractivity contribution >= 4 is 12.1 Å². The van der Waals surface area contributed by atoms with Crippen molar-refractivity contribution < 1.29 is 19.4 Å². The van der Waals surface area contributed by atoms with E-state index in [9.17, 15) is 14.7 Å². The number of rotatable bonds is 7. The Balaban J connectivity index is 4.75. The highest BCUT2D eigenvalue weighted by atomic mass is 16.6. The first-order valence-electron chi connectivity index (χ1n) is 8.21. The number of aliphatic carboxylic acids is 1. The lowest BCUT2D eigenvalue weighted by molar-refractivity contribution is -0.139. The predicted molar refractivity (Wildman–Crippen MR) is 91.6 cm³/mol. The van der Waals surface area contributed by atoms with Gasteiger partial charge in [0.1, 0.15) is 11.6 Å². The molecule has 0 aromatic heterocycles. The van der Waals surface area contributed by atoms with Gasteiger partial charge in [-0.15, -0.1) is 0 Å². The van der Waals surface area contributed by atoms with Crippen LogP contribution in [0.2, 0.25) is 0 Å². The molecule has 0 aliphatic carbocycles. The van der Waals surface area contributed by atoms with Crippen molar-refractivity contribution in [2.75, 3.05) is 13.1 Å². The van der Waals surface area contributed by atoms with E-state index in [1.54, 1.807) is 4.90 Å². The molecule has 0 bridgehead atoms. The van der Waals surface area contributed by atoms with Crippen LogP contribution in [0.4, 0.5) is 4.79 Å². The molecule has 0 heterocycles. The number of carboxylic acids is 1. The van der Waals surface area contributed by atoms with Crippen LogP contribution in [-0.2, 0) is 9.53 Å². The molecule has 23 heavy (non-hydrogen) atoms. The van der Waals surface area contributed by atoms with Crippen LogP contribution in [0, 0.1) is 5.92 Å². The zero-order valence-corrected chi connectivity index (χ0v) is 15.9. The summed E-state index contributed by atoms with van der Waals surface area (Å²) in [5.41, 5.74) is -0.962. The number of nitrogens with one attached hydrogen (secondary N) is 1. The van der Waals surface area contributed by atoms with Gasteiger partial charge in [-0.2, -0.15) is 0 Å². The second-order valence-electron chi connectivity index (χ2n) is 8.28. The Morgan fingerprint density at radius 3 is 2.00 bits per heavy atom. The molecule has 0 radical (unpaired) electrons. The zero-order valence-electron chi connectivity index (χ0n) is 15.9. The van der Waals surface area contributed by atoms with Crippen molar-refractivity contribution in [3.8, 4) is 0 Å². The molecule has 0 aromatic carbocycles. The molecule has 0 rings (SSSR count). The monoisotopic (exact) mass is 330 g/mol. The summed E-state index contributed by atoms with van der Waals surface area (Å²) in [7, 11) is 0. The summed E-state index contributed by atoms with van der Waals surface area (Å²) < 4.78 is 5.44. The molecule has 1 amide bonds. The molecule has 2 N–H and O–H groups in total. The molecule has 0 aliphatic heterocycles. The Bertz CT molecular complexity index is 394. The van der Waals surface area contributed by atoms with Gasteiger partial charge in [0.25, 0.3) is 0 Å². The molecule has 6 heteroatoms. The standard InChI is InChI=1S/C17H34N2O4/c1-12(2)11-13(14(20)21)18-9-10-19(16(3,4)5)15(22)23-17(6,7)8/h12-13,18H,9-11H2,1-8H3,(H,20,21). The Kier molecular flexibility index (Phi) is 8.04. The molecule has 0 aromatic rings. The van der Waals surface area contributed by atoms with Gasteiger partial charge < -0.3 is 20.1 Å². The fourth-order valence-electron chi connectivity index (χ4n) is 2.11. The molecular formula is C17H34N2O4. The maximum atomic E-state index is 12.4. The minimum absolute atomic E-state index is 0.285. The molecular weight excluding hydrogens is 296 g/mol. The first-order chi connectivity index (χ1) is 10.2. The predicted octanol–water partition coefficient (Wildman–Crippen LogP) is 3.11. The van der Waals surface area contributed by atoms with Crippen molar-refractivity contribution in [3.63, 3.8) is 0 Å². The van der Waals surface area contributed by atoms with Gasteiger partial charge in [-0.3, -0.25) is 4.79 Å². The van der Waals surface area contributed by atoms with Crippen LogP contribution in [0.5, 0.6) is 0 Å². The van der Waals surface area contributed by atoms with Crippen molar-refractivity contribution in [2.45, 2.75) is 79.0 Å². The molecule has 0 aliphatic rings. The molecule has 1 atom stereocenters. The van der Waals surface area contributed by atoms with Crippen LogP contribution in [-0.4, -0.2) is 52.3 Å². The largest absolute Gasteiger partial charge is 0.480 e. The van der Waals surface area contributed by atoms with E-state index in [-0.39, 0.29) is 12.0 Å². The van der Waals surface area contributed by atoms with Crippen molar-refractivity contribution in [1.82, 2.24) is 10.2 Å². The van der Waals surface area contributed by atoms with E-state index >= 15 is 0 Å². The average molecular weight is 330 g/mol. The summed E-state index contributed by atoms with van der Waals surface area (Å²) in [5.74, 6) is -0.577. The number of hydrogen-bond donors (Lipinski definition) is 2. The molecule has 0 saturated carbocycles. The van der Waals surface area contributed by atoms with Gasteiger partial charge in [-0.25, -0.2) is 4.79 Å². The van der Waals surface area contributed by atoms with Gasteiger partial charge >= 0.3 is 12.1 Å². The van der Waals surface area contributed by atoms with Crippen LogP contribution in [0.3, 0.4) is 0 Å². The fraction of sp³-hybridized carbons (Fsp3) is 0.882. The van der Waals surface area contributed by atoms with E-state index in [2.05, 4.69) is 5.32 Å². The van der Waals surface area contributed by atoms with Crippen molar-refractivity contribution in [1.29, 1.82) is 0 Å². The Hall–Kier alpha value is -1.30. The third kappa shape index (κ3) is 9.43. The normalized spacial score (nSPS) is 13.8. The minimum Gasteiger partial charge on any atom is -0.480 e. The van der Waals surface area contributed by atoms with Crippen LogP contribution >= 0.6 is 0 Å². The second kappa shape index (κ2) is 8.52. The number of nitrogens with zero attached hydrogens (tertiary/aromatic N) is 1. The van der Waals surface area contributed by atoms with Crippen LogP contribution in [0.1, 0.15) is 61.8 Å². The lowest BCUT2D eigenvalue weighted by Gasteiger charge is -2.37. The van der Waals surface area contributed by atoms with E-state index in [1.807, 2.05) is 55.4 Å². The number of carbonyl (C=O) groups excluding carboxylic acids is 1. The molecule has 136 valence electrons.